The number of ether oxygens (including phenoxy) is 1. The van der Waals surface area contributed by atoms with E-state index in [4.69, 9.17) is 4.74 Å². The lowest BCUT2D eigenvalue weighted by Crippen LogP contribution is -2.08. The van der Waals surface area contributed by atoms with Gasteiger partial charge in [0.15, 0.2) is 5.78 Å². The van der Waals surface area contributed by atoms with Crippen LogP contribution in [0.4, 0.5) is 0 Å². The van der Waals surface area contributed by atoms with Gasteiger partial charge >= 0.3 is 0 Å². The largest absolute Gasteiger partial charge is 0.497 e. The van der Waals surface area contributed by atoms with E-state index < -0.39 is 0 Å². The minimum atomic E-state index is 0.180. The molecule has 1 aromatic carbocycles. The molecule has 102 valence electrons. The Morgan fingerprint density at radius 2 is 2.05 bits per heavy atom. The Balaban J connectivity index is 2.27. The molecule has 0 aliphatic carbocycles. The number of hydrogen-bond donors (Lipinski definition) is 1. The van der Waals surface area contributed by atoms with E-state index in [0.717, 1.165) is 28.6 Å². The summed E-state index contributed by atoms with van der Waals surface area (Å²) in [5.41, 5.74) is 1.91. The predicted octanol–water partition coefficient (Wildman–Crippen LogP) is 4.19. The summed E-state index contributed by atoms with van der Waals surface area (Å²) in [7, 11) is 1.63. The minimum absolute atomic E-state index is 0.180. The molecule has 3 nitrogen and oxygen atoms in total. The molecule has 0 aliphatic heterocycles. The van der Waals surface area contributed by atoms with Gasteiger partial charge in [0.05, 0.1) is 7.11 Å². The van der Waals surface area contributed by atoms with Crippen LogP contribution in [0.2, 0.25) is 0 Å². The van der Waals surface area contributed by atoms with E-state index in [1.807, 2.05) is 18.2 Å². The lowest BCUT2D eigenvalue weighted by Gasteiger charge is -2.16. The molecule has 0 saturated carbocycles. The second kappa shape index (κ2) is 5.08. The average Bonchev–Trinajstić information content (AvgIpc) is 2.77. The van der Waals surface area contributed by atoms with E-state index in [-0.39, 0.29) is 11.2 Å². The fraction of sp³-hybridized carbons (Fsp3) is 0.438. The van der Waals surface area contributed by atoms with Gasteiger partial charge in [-0.15, -0.1) is 0 Å². The summed E-state index contributed by atoms with van der Waals surface area (Å²) in [6, 6.07) is 5.74. The van der Waals surface area contributed by atoms with Crippen LogP contribution in [-0.4, -0.2) is 17.9 Å². The number of nitrogens with one attached hydrogen (secondary N) is 1. The number of hydrogen-bond acceptors (Lipinski definition) is 2. The normalized spacial score (nSPS) is 11.8. The Morgan fingerprint density at radius 3 is 2.68 bits per heavy atom. The highest BCUT2D eigenvalue weighted by Gasteiger charge is 2.17. The molecule has 1 aromatic heterocycles. The molecule has 0 fully saturated rings. The van der Waals surface area contributed by atoms with Gasteiger partial charge in [-0.25, -0.2) is 0 Å². The standard InChI is InChI=1S/C16H21NO2/c1-16(2,3)8-7-15(18)13-10-17-14-6-5-11(19-4)9-12(13)14/h5-6,9-10,17H,7-8H2,1-4H3. The second-order valence-electron chi connectivity index (χ2n) is 6.10. The highest BCUT2D eigenvalue weighted by atomic mass is 16.5. The van der Waals surface area contributed by atoms with Crippen molar-refractivity contribution in [2.75, 3.05) is 7.11 Å². The molecular weight excluding hydrogens is 238 g/mol. The molecule has 0 amide bonds. The van der Waals surface area contributed by atoms with Gasteiger partial charge in [0.25, 0.3) is 0 Å². The maximum absolute atomic E-state index is 12.3. The molecule has 2 rings (SSSR count). The fourth-order valence-corrected chi connectivity index (χ4v) is 2.08. The van der Waals surface area contributed by atoms with Crippen LogP contribution in [0, 0.1) is 5.41 Å². The number of methoxy groups -OCH3 is 1. The van der Waals surface area contributed by atoms with Gasteiger partial charge in [-0.05, 0) is 30.0 Å². The first-order valence-electron chi connectivity index (χ1n) is 6.59. The molecule has 0 bridgehead atoms. The summed E-state index contributed by atoms with van der Waals surface area (Å²) in [5.74, 6) is 0.964. The zero-order valence-corrected chi connectivity index (χ0v) is 12.0. The van der Waals surface area contributed by atoms with Crippen molar-refractivity contribution in [2.45, 2.75) is 33.6 Å². The van der Waals surface area contributed by atoms with E-state index >= 15 is 0 Å². The van der Waals surface area contributed by atoms with Crippen molar-refractivity contribution < 1.29 is 9.53 Å². The number of rotatable bonds is 4. The lowest BCUT2D eigenvalue weighted by atomic mass is 9.88. The first-order valence-corrected chi connectivity index (χ1v) is 6.59. The molecular formula is C16H21NO2. The van der Waals surface area contributed by atoms with Gasteiger partial charge < -0.3 is 9.72 Å². The number of benzene rings is 1. The molecule has 0 atom stereocenters. The van der Waals surface area contributed by atoms with Crippen molar-refractivity contribution in [3.8, 4) is 5.75 Å². The smallest absolute Gasteiger partial charge is 0.165 e. The highest BCUT2D eigenvalue weighted by Crippen LogP contribution is 2.27. The number of aromatic amines is 1. The number of fused-ring (bicyclic) bond motifs is 1. The van der Waals surface area contributed by atoms with Crippen molar-refractivity contribution in [2.24, 2.45) is 5.41 Å². The molecule has 0 spiro atoms. The molecule has 1 heterocycles. The molecule has 0 saturated heterocycles. The summed E-state index contributed by atoms with van der Waals surface area (Å²) < 4.78 is 5.22. The molecule has 0 unspecified atom stereocenters. The average molecular weight is 259 g/mol. The third kappa shape index (κ3) is 3.16. The van der Waals surface area contributed by atoms with Crippen LogP contribution in [-0.2, 0) is 0 Å². The van der Waals surface area contributed by atoms with Crippen LogP contribution in [0.25, 0.3) is 10.9 Å². The van der Waals surface area contributed by atoms with Crippen molar-refractivity contribution in [3.05, 3.63) is 30.0 Å². The van der Waals surface area contributed by atoms with Gasteiger partial charge in [-0.2, -0.15) is 0 Å². The number of H-pyrrole nitrogens is 1. The molecule has 1 N–H and O–H groups in total. The Kier molecular flexibility index (Phi) is 3.65. The summed E-state index contributed by atoms with van der Waals surface area (Å²) in [6.45, 7) is 6.45. The second-order valence-corrected chi connectivity index (χ2v) is 6.10. The molecule has 0 radical (unpaired) electrons. The van der Waals surface area contributed by atoms with Crippen LogP contribution >= 0.6 is 0 Å². The Morgan fingerprint density at radius 1 is 1.32 bits per heavy atom. The molecule has 0 aliphatic rings. The monoisotopic (exact) mass is 259 g/mol. The first-order chi connectivity index (χ1) is 8.90. The van der Waals surface area contributed by atoms with Gasteiger partial charge in [0.1, 0.15) is 5.75 Å². The van der Waals surface area contributed by atoms with E-state index in [1.165, 1.54) is 0 Å². The maximum atomic E-state index is 12.3. The summed E-state index contributed by atoms with van der Waals surface area (Å²) in [4.78, 5) is 15.4. The van der Waals surface area contributed by atoms with E-state index in [9.17, 15) is 4.79 Å². The Bertz CT molecular complexity index is 590. The van der Waals surface area contributed by atoms with Gasteiger partial charge in [0.2, 0.25) is 0 Å². The third-order valence-corrected chi connectivity index (χ3v) is 3.29. The van der Waals surface area contributed by atoms with Crippen molar-refractivity contribution >= 4 is 16.7 Å². The van der Waals surface area contributed by atoms with E-state index in [1.54, 1.807) is 13.3 Å². The third-order valence-electron chi connectivity index (χ3n) is 3.29. The van der Waals surface area contributed by atoms with Crippen LogP contribution in [0.15, 0.2) is 24.4 Å². The zero-order valence-electron chi connectivity index (χ0n) is 12.0. The van der Waals surface area contributed by atoms with Crippen molar-refractivity contribution in [3.63, 3.8) is 0 Å². The number of aromatic nitrogens is 1. The Labute approximate surface area is 114 Å². The number of Topliss-reactive ketones (excluding diaryl/α,β-unsaturated/α-hetero) is 1. The SMILES string of the molecule is COc1ccc2[nH]cc(C(=O)CCC(C)(C)C)c2c1. The number of ketones is 1. The van der Waals surface area contributed by atoms with Crippen LogP contribution in [0.5, 0.6) is 5.75 Å². The quantitative estimate of drug-likeness (QED) is 0.837. The molecule has 3 heteroatoms. The van der Waals surface area contributed by atoms with Crippen molar-refractivity contribution in [1.29, 1.82) is 0 Å². The van der Waals surface area contributed by atoms with Crippen LogP contribution in [0.3, 0.4) is 0 Å². The molecule has 19 heavy (non-hydrogen) atoms. The highest BCUT2D eigenvalue weighted by molar-refractivity contribution is 6.08. The topological polar surface area (TPSA) is 42.1 Å². The summed E-state index contributed by atoms with van der Waals surface area (Å²) >= 11 is 0. The lowest BCUT2D eigenvalue weighted by molar-refractivity contribution is 0.0967. The maximum Gasteiger partial charge on any atom is 0.165 e. The van der Waals surface area contributed by atoms with Gasteiger partial charge in [-0.1, -0.05) is 20.8 Å². The number of carbonyl (C=O) groups excluding carboxylic acids is 1. The van der Waals surface area contributed by atoms with Crippen molar-refractivity contribution in [1.82, 2.24) is 4.98 Å². The number of carbonyl (C=O) groups is 1. The zero-order chi connectivity index (χ0) is 14.0. The van der Waals surface area contributed by atoms with E-state index in [0.29, 0.717) is 6.42 Å². The van der Waals surface area contributed by atoms with Gasteiger partial charge in [0, 0.05) is 29.1 Å². The first kappa shape index (κ1) is 13.7. The van der Waals surface area contributed by atoms with Gasteiger partial charge in [-0.3, -0.25) is 4.79 Å². The molecule has 2 aromatic rings. The van der Waals surface area contributed by atoms with Crippen LogP contribution in [0.1, 0.15) is 44.0 Å². The van der Waals surface area contributed by atoms with E-state index in [2.05, 4.69) is 25.8 Å². The summed E-state index contributed by atoms with van der Waals surface area (Å²) in [6.07, 6.45) is 3.27. The predicted molar refractivity (Wildman–Crippen MR) is 77.9 cm³/mol. The van der Waals surface area contributed by atoms with Crippen LogP contribution < -0.4 is 4.74 Å². The summed E-state index contributed by atoms with van der Waals surface area (Å²) in [5, 5.41) is 0.943. The minimum Gasteiger partial charge on any atom is -0.497 e. The fourth-order valence-electron chi connectivity index (χ4n) is 2.08. The Hall–Kier alpha value is -1.77.